The summed E-state index contributed by atoms with van der Waals surface area (Å²) in [7, 11) is 0. The van der Waals surface area contributed by atoms with Crippen LogP contribution in [0.4, 0.5) is 0 Å². The Bertz CT molecular complexity index is 413. The minimum absolute atomic E-state index is 0.0451. The van der Waals surface area contributed by atoms with Crippen LogP contribution in [0.1, 0.15) is 36.5 Å². The summed E-state index contributed by atoms with van der Waals surface area (Å²) in [6, 6.07) is 6.81. The monoisotopic (exact) mass is 282 g/mol. The van der Waals surface area contributed by atoms with Gasteiger partial charge in [-0.25, -0.2) is 4.79 Å². The van der Waals surface area contributed by atoms with Crippen LogP contribution in [0.3, 0.4) is 0 Å². The van der Waals surface area contributed by atoms with Gasteiger partial charge in [0.1, 0.15) is 12.6 Å². The van der Waals surface area contributed by atoms with E-state index in [4.69, 9.17) is 16.3 Å². The molecule has 1 saturated heterocycles. The number of rotatable bonds is 4. The van der Waals surface area contributed by atoms with Gasteiger partial charge in [0.15, 0.2) is 0 Å². The molecule has 0 spiro atoms. The van der Waals surface area contributed by atoms with Gasteiger partial charge in [0.25, 0.3) is 0 Å². The van der Waals surface area contributed by atoms with Crippen LogP contribution in [0.5, 0.6) is 0 Å². The molecule has 3 nitrogen and oxygen atoms in total. The van der Waals surface area contributed by atoms with Crippen molar-refractivity contribution in [3.8, 4) is 0 Å². The second-order valence-corrected chi connectivity index (χ2v) is 5.67. The molecule has 0 bridgehead atoms. The number of benzene rings is 1. The van der Waals surface area contributed by atoms with Crippen LogP contribution in [0.25, 0.3) is 0 Å². The van der Waals surface area contributed by atoms with E-state index < -0.39 is 0 Å². The van der Waals surface area contributed by atoms with E-state index in [1.165, 1.54) is 32.4 Å². The predicted octanol–water partition coefficient (Wildman–Crippen LogP) is 1.95. The molecule has 1 atom stereocenters. The molecule has 0 amide bonds. The van der Waals surface area contributed by atoms with Crippen molar-refractivity contribution in [2.75, 3.05) is 19.6 Å². The van der Waals surface area contributed by atoms with E-state index in [1.54, 1.807) is 29.2 Å². The highest BCUT2D eigenvalue weighted by atomic mass is 35.5. The van der Waals surface area contributed by atoms with Crippen LogP contribution in [-0.4, -0.2) is 31.7 Å². The number of halogens is 1. The SMILES string of the molecule is C[C@H](C[NH+]1CCCCC1)OC(=O)c1ccc(Cl)cc1. The van der Waals surface area contributed by atoms with E-state index in [9.17, 15) is 4.79 Å². The van der Waals surface area contributed by atoms with Gasteiger partial charge in [-0.15, -0.1) is 0 Å². The van der Waals surface area contributed by atoms with Crippen molar-refractivity contribution in [3.63, 3.8) is 0 Å². The molecular formula is C15H21ClNO2+. The number of piperidine rings is 1. The Labute approximate surface area is 119 Å². The van der Waals surface area contributed by atoms with Gasteiger partial charge in [0.2, 0.25) is 0 Å². The molecule has 0 aliphatic carbocycles. The van der Waals surface area contributed by atoms with E-state index in [-0.39, 0.29) is 12.1 Å². The Morgan fingerprint density at radius 1 is 1.26 bits per heavy atom. The summed E-state index contributed by atoms with van der Waals surface area (Å²) in [5, 5.41) is 0.627. The molecule has 1 aliphatic rings. The van der Waals surface area contributed by atoms with E-state index in [1.807, 2.05) is 6.92 Å². The predicted molar refractivity (Wildman–Crippen MR) is 75.7 cm³/mol. The largest absolute Gasteiger partial charge is 0.453 e. The summed E-state index contributed by atoms with van der Waals surface area (Å²) in [5.74, 6) is -0.263. The zero-order chi connectivity index (χ0) is 13.7. The number of hydrogen-bond donors (Lipinski definition) is 1. The van der Waals surface area contributed by atoms with Gasteiger partial charge in [-0.2, -0.15) is 0 Å². The number of carbonyl (C=O) groups is 1. The second kappa shape index (κ2) is 6.92. The molecule has 1 aromatic carbocycles. The molecule has 1 fully saturated rings. The van der Waals surface area contributed by atoms with E-state index >= 15 is 0 Å². The van der Waals surface area contributed by atoms with Gasteiger partial charge in [-0.1, -0.05) is 11.6 Å². The Hall–Kier alpha value is -1.06. The lowest BCUT2D eigenvalue weighted by Crippen LogP contribution is -3.13. The third-order valence-corrected chi connectivity index (χ3v) is 3.78. The highest BCUT2D eigenvalue weighted by Crippen LogP contribution is 2.11. The number of quaternary nitrogens is 1. The molecule has 4 heteroatoms. The quantitative estimate of drug-likeness (QED) is 0.856. The molecular weight excluding hydrogens is 262 g/mol. The molecule has 1 heterocycles. The van der Waals surface area contributed by atoms with Gasteiger partial charge < -0.3 is 9.64 Å². The van der Waals surface area contributed by atoms with Gasteiger partial charge in [0, 0.05) is 5.02 Å². The fourth-order valence-electron chi connectivity index (χ4n) is 2.54. The van der Waals surface area contributed by atoms with Gasteiger partial charge in [-0.3, -0.25) is 0 Å². The first-order valence-corrected chi connectivity index (χ1v) is 7.33. The second-order valence-electron chi connectivity index (χ2n) is 5.24. The minimum atomic E-state index is -0.263. The van der Waals surface area contributed by atoms with Crippen molar-refractivity contribution in [3.05, 3.63) is 34.9 Å². The first-order chi connectivity index (χ1) is 9.15. The number of ether oxygens (including phenoxy) is 1. The van der Waals surface area contributed by atoms with Crippen molar-refractivity contribution >= 4 is 17.6 Å². The lowest BCUT2D eigenvalue weighted by Gasteiger charge is -2.26. The Morgan fingerprint density at radius 2 is 1.89 bits per heavy atom. The molecule has 1 N–H and O–H groups in total. The molecule has 0 radical (unpaired) electrons. The van der Waals surface area contributed by atoms with Crippen LogP contribution >= 0.6 is 11.6 Å². The Balaban J connectivity index is 1.82. The van der Waals surface area contributed by atoms with Crippen molar-refractivity contribution in [1.29, 1.82) is 0 Å². The molecule has 0 unspecified atom stereocenters. The van der Waals surface area contributed by atoms with Crippen LogP contribution < -0.4 is 4.90 Å². The molecule has 0 saturated carbocycles. The van der Waals surface area contributed by atoms with Gasteiger partial charge >= 0.3 is 5.97 Å². The summed E-state index contributed by atoms with van der Waals surface area (Å²) in [6.07, 6.45) is 3.86. The van der Waals surface area contributed by atoms with Crippen molar-refractivity contribution in [2.24, 2.45) is 0 Å². The molecule has 104 valence electrons. The molecule has 19 heavy (non-hydrogen) atoms. The van der Waals surface area contributed by atoms with Gasteiger partial charge in [0.05, 0.1) is 18.7 Å². The fraction of sp³-hybridized carbons (Fsp3) is 0.533. The summed E-state index contributed by atoms with van der Waals surface area (Å²) < 4.78 is 5.48. The summed E-state index contributed by atoms with van der Waals surface area (Å²) in [5.41, 5.74) is 0.560. The molecule has 2 rings (SSSR count). The maximum atomic E-state index is 11.9. The lowest BCUT2D eigenvalue weighted by atomic mass is 10.1. The van der Waals surface area contributed by atoms with Gasteiger partial charge in [-0.05, 0) is 50.5 Å². The first-order valence-electron chi connectivity index (χ1n) is 6.95. The average Bonchev–Trinajstić information content (AvgIpc) is 2.40. The highest BCUT2D eigenvalue weighted by molar-refractivity contribution is 6.30. The first kappa shape index (κ1) is 14.4. The minimum Gasteiger partial charge on any atom is -0.453 e. The Morgan fingerprint density at radius 3 is 2.53 bits per heavy atom. The molecule has 1 aromatic rings. The topological polar surface area (TPSA) is 30.7 Å². The maximum absolute atomic E-state index is 11.9. The van der Waals surface area contributed by atoms with E-state index in [0.717, 1.165) is 6.54 Å². The fourth-order valence-corrected chi connectivity index (χ4v) is 2.67. The third-order valence-electron chi connectivity index (χ3n) is 3.52. The zero-order valence-corrected chi connectivity index (χ0v) is 12.1. The Kier molecular flexibility index (Phi) is 5.23. The molecule has 0 aromatic heterocycles. The number of esters is 1. The van der Waals surface area contributed by atoms with Crippen molar-refractivity contribution < 1.29 is 14.4 Å². The summed E-state index contributed by atoms with van der Waals surface area (Å²) in [6.45, 7) is 5.26. The highest BCUT2D eigenvalue weighted by Gasteiger charge is 2.19. The smallest absolute Gasteiger partial charge is 0.338 e. The number of likely N-dealkylation sites (tertiary alicyclic amines) is 1. The third kappa shape index (κ3) is 4.51. The number of hydrogen-bond acceptors (Lipinski definition) is 2. The van der Waals surface area contributed by atoms with Crippen LogP contribution in [0.2, 0.25) is 5.02 Å². The average molecular weight is 283 g/mol. The lowest BCUT2D eigenvalue weighted by molar-refractivity contribution is -0.907. The van der Waals surface area contributed by atoms with Crippen molar-refractivity contribution in [1.82, 2.24) is 0 Å². The standard InChI is InChI=1S/C15H20ClNO2/c1-12(11-17-9-3-2-4-10-17)19-15(18)13-5-7-14(16)8-6-13/h5-8,12H,2-4,9-11H2,1H3/p+1/t12-/m1/s1. The van der Waals surface area contributed by atoms with E-state index in [2.05, 4.69) is 0 Å². The van der Waals surface area contributed by atoms with Crippen LogP contribution in [0.15, 0.2) is 24.3 Å². The zero-order valence-electron chi connectivity index (χ0n) is 11.3. The normalized spacial score (nSPS) is 18.0. The van der Waals surface area contributed by atoms with Crippen LogP contribution in [-0.2, 0) is 4.74 Å². The summed E-state index contributed by atoms with van der Waals surface area (Å²) in [4.78, 5) is 13.5. The van der Waals surface area contributed by atoms with E-state index in [0.29, 0.717) is 10.6 Å². The maximum Gasteiger partial charge on any atom is 0.338 e. The number of nitrogens with one attached hydrogen (secondary N) is 1. The molecule has 1 aliphatic heterocycles. The van der Waals surface area contributed by atoms with Crippen molar-refractivity contribution in [2.45, 2.75) is 32.3 Å². The van der Waals surface area contributed by atoms with Crippen LogP contribution in [0, 0.1) is 0 Å². The summed E-state index contributed by atoms with van der Waals surface area (Å²) >= 11 is 5.80. The number of carbonyl (C=O) groups excluding carboxylic acids is 1.